The SMILES string of the molecule is COc1ccc(C2=N[C@H]3O[C@H](COC(C)=O)[C@@H](OC(C)=O)[C@H](O)[C@H]3O2)cc1. The number of ether oxygens (including phenoxy) is 5. The van der Waals surface area contributed by atoms with Gasteiger partial charge in [0.15, 0.2) is 18.4 Å². The van der Waals surface area contributed by atoms with Gasteiger partial charge in [0.1, 0.15) is 24.6 Å². The van der Waals surface area contributed by atoms with Crippen molar-refractivity contribution in [3.8, 4) is 5.75 Å². The second kappa shape index (κ2) is 7.93. The Bertz CT molecular complexity index is 731. The van der Waals surface area contributed by atoms with Crippen LogP contribution < -0.4 is 4.74 Å². The summed E-state index contributed by atoms with van der Waals surface area (Å²) < 4.78 is 26.8. The first-order valence-corrected chi connectivity index (χ1v) is 8.42. The molecule has 2 heterocycles. The molecule has 0 spiro atoms. The summed E-state index contributed by atoms with van der Waals surface area (Å²) in [6.07, 6.45) is -4.78. The van der Waals surface area contributed by atoms with E-state index in [1.807, 2.05) is 0 Å². The summed E-state index contributed by atoms with van der Waals surface area (Å²) in [5.41, 5.74) is 0.682. The molecule has 1 N–H and O–H groups in total. The number of rotatable bonds is 5. The van der Waals surface area contributed by atoms with Crippen LogP contribution in [0.5, 0.6) is 5.75 Å². The third-order valence-electron chi connectivity index (χ3n) is 4.22. The first kappa shape index (κ1) is 19.1. The van der Waals surface area contributed by atoms with E-state index in [4.69, 9.17) is 23.7 Å². The van der Waals surface area contributed by atoms with Gasteiger partial charge in [-0.15, -0.1) is 0 Å². The number of benzene rings is 1. The molecule has 0 aromatic heterocycles. The highest BCUT2D eigenvalue weighted by Crippen LogP contribution is 2.32. The summed E-state index contributed by atoms with van der Waals surface area (Å²) in [6.45, 7) is 2.29. The lowest BCUT2D eigenvalue weighted by Crippen LogP contribution is -2.59. The Morgan fingerprint density at radius 3 is 2.48 bits per heavy atom. The zero-order valence-corrected chi connectivity index (χ0v) is 15.2. The number of carbonyl (C=O) groups is 2. The molecule has 0 aliphatic carbocycles. The van der Waals surface area contributed by atoms with Crippen molar-refractivity contribution in [3.05, 3.63) is 29.8 Å². The molecule has 27 heavy (non-hydrogen) atoms. The van der Waals surface area contributed by atoms with Crippen LogP contribution in [-0.2, 0) is 28.5 Å². The number of hydrogen-bond acceptors (Lipinski definition) is 9. The summed E-state index contributed by atoms with van der Waals surface area (Å²) in [7, 11) is 1.57. The fraction of sp³-hybridized carbons (Fsp3) is 0.500. The Balaban J connectivity index is 1.79. The van der Waals surface area contributed by atoms with Crippen molar-refractivity contribution in [2.24, 2.45) is 4.99 Å². The number of hydrogen-bond donors (Lipinski definition) is 1. The van der Waals surface area contributed by atoms with Crippen LogP contribution in [0.3, 0.4) is 0 Å². The molecular weight excluding hydrogens is 358 g/mol. The van der Waals surface area contributed by atoms with Gasteiger partial charge in [0.05, 0.1) is 7.11 Å². The maximum atomic E-state index is 11.4. The van der Waals surface area contributed by atoms with Gasteiger partial charge in [-0.05, 0) is 24.3 Å². The number of carbonyl (C=O) groups excluding carboxylic acids is 2. The second-order valence-corrected chi connectivity index (χ2v) is 6.18. The summed E-state index contributed by atoms with van der Waals surface area (Å²) in [4.78, 5) is 26.9. The van der Waals surface area contributed by atoms with Crippen molar-refractivity contribution >= 4 is 17.8 Å². The van der Waals surface area contributed by atoms with Crippen molar-refractivity contribution in [1.82, 2.24) is 0 Å². The Kier molecular flexibility index (Phi) is 5.62. The minimum absolute atomic E-state index is 0.180. The minimum atomic E-state index is -1.20. The Morgan fingerprint density at radius 1 is 1.19 bits per heavy atom. The van der Waals surface area contributed by atoms with Gasteiger partial charge in [-0.25, -0.2) is 4.99 Å². The molecule has 2 aliphatic heterocycles. The zero-order chi connectivity index (χ0) is 19.6. The third kappa shape index (κ3) is 4.20. The lowest BCUT2D eigenvalue weighted by atomic mass is 9.98. The smallest absolute Gasteiger partial charge is 0.303 e. The van der Waals surface area contributed by atoms with Gasteiger partial charge in [-0.1, -0.05) is 0 Å². The number of aliphatic hydroxyl groups excluding tert-OH is 1. The number of nitrogens with zero attached hydrogens (tertiary/aromatic N) is 1. The standard InChI is InChI=1S/C18H21NO8/c1-9(20)24-8-13-15(25-10(2)21)14(22)16-18(26-13)19-17(27-16)11-4-6-12(23-3)7-5-11/h4-7,13-16,18,22H,8H2,1-3H3/t13-,14+,15-,16-,18+/m1/s1. The van der Waals surface area contributed by atoms with Crippen LogP contribution in [-0.4, -0.2) is 67.3 Å². The largest absolute Gasteiger partial charge is 0.497 e. The van der Waals surface area contributed by atoms with Crippen molar-refractivity contribution in [3.63, 3.8) is 0 Å². The number of aliphatic imine (C=N–C) groups is 1. The van der Waals surface area contributed by atoms with Gasteiger partial charge in [0.2, 0.25) is 5.90 Å². The molecule has 0 amide bonds. The molecule has 0 radical (unpaired) electrons. The van der Waals surface area contributed by atoms with Crippen LogP contribution in [0.4, 0.5) is 0 Å². The Morgan fingerprint density at radius 2 is 1.89 bits per heavy atom. The predicted octanol–water partition coefficient (Wildman–Crippen LogP) is 0.421. The van der Waals surface area contributed by atoms with E-state index in [9.17, 15) is 14.7 Å². The highest BCUT2D eigenvalue weighted by molar-refractivity contribution is 5.95. The maximum absolute atomic E-state index is 11.4. The normalized spacial score (nSPS) is 29.2. The molecule has 0 saturated carbocycles. The van der Waals surface area contributed by atoms with E-state index in [-0.39, 0.29) is 6.61 Å². The fourth-order valence-corrected chi connectivity index (χ4v) is 2.96. The Hall–Kier alpha value is -2.65. The highest BCUT2D eigenvalue weighted by Gasteiger charge is 2.51. The van der Waals surface area contributed by atoms with Gasteiger partial charge >= 0.3 is 11.9 Å². The fourth-order valence-electron chi connectivity index (χ4n) is 2.96. The van der Waals surface area contributed by atoms with Crippen LogP contribution in [0.1, 0.15) is 19.4 Å². The van der Waals surface area contributed by atoms with Crippen molar-refractivity contribution in [1.29, 1.82) is 0 Å². The number of esters is 2. The number of aliphatic hydroxyl groups is 1. The predicted molar refractivity (Wildman–Crippen MR) is 91.3 cm³/mol. The average molecular weight is 379 g/mol. The molecule has 5 atom stereocenters. The van der Waals surface area contributed by atoms with Crippen molar-refractivity contribution in [2.75, 3.05) is 13.7 Å². The lowest BCUT2D eigenvalue weighted by molar-refractivity contribution is -0.228. The molecule has 2 aliphatic rings. The summed E-state index contributed by atoms with van der Waals surface area (Å²) in [6, 6.07) is 7.04. The molecular formula is C18H21NO8. The monoisotopic (exact) mass is 379 g/mol. The van der Waals surface area contributed by atoms with E-state index in [0.29, 0.717) is 17.2 Å². The topological polar surface area (TPSA) is 113 Å². The average Bonchev–Trinajstić information content (AvgIpc) is 3.06. The molecule has 9 nitrogen and oxygen atoms in total. The zero-order valence-electron chi connectivity index (χ0n) is 15.2. The Labute approximate surface area is 155 Å². The second-order valence-electron chi connectivity index (χ2n) is 6.18. The van der Waals surface area contributed by atoms with Gasteiger partial charge in [0, 0.05) is 19.4 Å². The van der Waals surface area contributed by atoms with Gasteiger partial charge in [-0.2, -0.15) is 0 Å². The third-order valence-corrected chi connectivity index (χ3v) is 4.22. The van der Waals surface area contributed by atoms with E-state index in [1.54, 1.807) is 31.4 Å². The van der Waals surface area contributed by atoms with E-state index >= 15 is 0 Å². The molecule has 146 valence electrons. The van der Waals surface area contributed by atoms with Crippen LogP contribution in [0.25, 0.3) is 0 Å². The van der Waals surface area contributed by atoms with E-state index in [2.05, 4.69) is 4.99 Å². The number of methoxy groups -OCH3 is 1. The molecule has 1 fully saturated rings. The van der Waals surface area contributed by atoms with Crippen molar-refractivity contribution < 1.29 is 38.4 Å². The highest BCUT2D eigenvalue weighted by atomic mass is 16.6. The van der Waals surface area contributed by atoms with Crippen LogP contribution in [0.15, 0.2) is 29.3 Å². The summed E-state index contributed by atoms with van der Waals surface area (Å²) >= 11 is 0. The quantitative estimate of drug-likeness (QED) is 0.733. The van der Waals surface area contributed by atoms with Gasteiger partial charge in [-0.3, -0.25) is 9.59 Å². The molecule has 1 aromatic carbocycles. The molecule has 3 rings (SSSR count). The lowest BCUT2D eigenvalue weighted by Gasteiger charge is -2.39. The maximum Gasteiger partial charge on any atom is 0.303 e. The van der Waals surface area contributed by atoms with Crippen LogP contribution >= 0.6 is 0 Å². The van der Waals surface area contributed by atoms with E-state index in [0.717, 1.165) is 0 Å². The molecule has 0 unspecified atom stereocenters. The molecule has 0 bridgehead atoms. The number of fused-ring (bicyclic) bond motifs is 1. The first-order chi connectivity index (χ1) is 12.9. The van der Waals surface area contributed by atoms with Crippen LogP contribution in [0.2, 0.25) is 0 Å². The van der Waals surface area contributed by atoms with E-state index in [1.165, 1.54) is 13.8 Å². The molecule has 1 aromatic rings. The first-order valence-electron chi connectivity index (χ1n) is 8.42. The van der Waals surface area contributed by atoms with Gasteiger partial charge < -0.3 is 28.8 Å². The van der Waals surface area contributed by atoms with Crippen molar-refractivity contribution in [2.45, 2.75) is 44.5 Å². The van der Waals surface area contributed by atoms with Gasteiger partial charge in [0.25, 0.3) is 0 Å². The van der Waals surface area contributed by atoms with Crippen LogP contribution in [0, 0.1) is 0 Å². The summed E-state index contributed by atoms with van der Waals surface area (Å²) in [5, 5.41) is 10.7. The summed E-state index contributed by atoms with van der Waals surface area (Å²) in [5.74, 6) is -0.131. The van der Waals surface area contributed by atoms with E-state index < -0.39 is 42.6 Å². The minimum Gasteiger partial charge on any atom is -0.497 e. The molecule has 1 saturated heterocycles. The molecule has 9 heteroatoms.